The predicted molar refractivity (Wildman–Crippen MR) is 78.1 cm³/mol. The molecule has 1 aromatic rings. The first-order valence-electron chi connectivity index (χ1n) is 6.71. The molecule has 1 N–H and O–H groups in total. The van der Waals surface area contributed by atoms with Crippen molar-refractivity contribution >= 4 is 17.6 Å². The highest BCUT2D eigenvalue weighted by atomic mass is 32.2. The van der Waals surface area contributed by atoms with Crippen molar-refractivity contribution in [2.75, 3.05) is 18.5 Å². The largest absolute Gasteiger partial charge is 0.377 e. The maximum atomic E-state index is 5.57. The van der Waals surface area contributed by atoms with E-state index in [4.69, 9.17) is 4.74 Å². The summed E-state index contributed by atoms with van der Waals surface area (Å²) in [4.78, 5) is 4.42. The molecule has 4 heteroatoms. The molecule has 1 aromatic heterocycles. The molecule has 2 heterocycles. The van der Waals surface area contributed by atoms with Crippen LogP contribution in [0, 0.1) is 0 Å². The van der Waals surface area contributed by atoms with Crippen molar-refractivity contribution in [3.05, 3.63) is 23.9 Å². The van der Waals surface area contributed by atoms with Crippen molar-refractivity contribution in [2.45, 2.75) is 43.8 Å². The van der Waals surface area contributed by atoms with E-state index < -0.39 is 0 Å². The van der Waals surface area contributed by atoms with E-state index in [1.807, 2.05) is 18.0 Å². The van der Waals surface area contributed by atoms with Gasteiger partial charge in [-0.3, -0.25) is 0 Å². The Kier molecular flexibility index (Phi) is 5.32. The highest BCUT2D eigenvalue weighted by molar-refractivity contribution is 7.99. The molecule has 1 aliphatic rings. The smallest absolute Gasteiger partial charge is 0.125 e. The van der Waals surface area contributed by atoms with Gasteiger partial charge in [0.1, 0.15) is 5.82 Å². The number of rotatable bonds is 6. The number of hydrogen-bond acceptors (Lipinski definition) is 4. The number of anilines is 1. The predicted octanol–water partition coefficient (Wildman–Crippen LogP) is 3.31. The first-order chi connectivity index (χ1) is 8.79. The quantitative estimate of drug-likeness (QED) is 0.856. The number of aromatic nitrogens is 1. The molecule has 0 radical (unpaired) electrons. The molecular formula is C14H22N2OS. The third kappa shape index (κ3) is 3.89. The van der Waals surface area contributed by atoms with Gasteiger partial charge in [-0.1, -0.05) is 13.0 Å². The van der Waals surface area contributed by atoms with Crippen molar-refractivity contribution in [3.63, 3.8) is 0 Å². The Labute approximate surface area is 114 Å². The summed E-state index contributed by atoms with van der Waals surface area (Å²) in [7, 11) is 0. The Balaban J connectivity index is 1.79. The van der Waals surface area contributed by atoms with Crippen LogP contribution in [-0.4, -0.2) is 29.5 Å². The lowest BCUT2D eigenvalue weighted by molar-refractivity contribution is 0.127. The normalized spacial score (nSPS) is 23.2. The molecule has 2 unspecified atom stereocenters. The number of thioether (sulfide) groups is 1. The number of nitrogens with one attached hydrogen (secondary N) is 1. The highest BCUT2D eigenvalue weighted by Gasteiger charge is 2.24. The summed E-state index contributed by atoms with van der Waals surface area (Å²) in [5.74, 6) is 2.00. The van der Waals surface area contributed by atoms with Crippen molar-refractivity contribution in [1.29, 1.82) is 0 Å². The minimum absolute atomic E-state index is 0.397. The van der Waals surface area contributed by atoms with Gasteiger partial charge in [-0.25, -0.2) is 4.98 Å². The van der Waals surface area contributed by atoms with Crippen LogP contribution < -0.4 is 5.32 Å². The van der Waals surface area contributed by atoms with Crippen molar-refractivity contribution in [2.24, 2.45) is 0 Å². The second kappa shape index (κ2) is 7.00. The van der Waals surface area contributed by atoms with E-state index in [-0.39, 0.29) is 0 Å². The van der Waals surface area contributed by atoms with Gasteiger partial charge in [0.15, 0.2) is 0 Å². The SMILES string of the molecule is CCCNc1ccc(CSC2CCOC2C)cn1. The van der Waals surface area contributed by atoms with E-state index in [0.29, 0.717) is 11.4 Å². The van der Waals surface area contributed by atoms with Gasteiger partial charge in [0, 0.05) is 30.4 Å². The van der Waals surface area contributed by atoms with Gasteiger partial charge in [0.05, 0.1) is 6.10 Å². The lowest BCUT2D eigenvalue weighted by atomic mass is 10.3. The van der Waals surface area contributed by atoms with Crippen molar-refractivity contribution < 1.29 is 4.74 Å². The average molecular weight is 266 g/mol. The lowest BCUT2D eigenvalue weighted by Gasteiger charge is -2.13. The molecule has 3 nitrogen and oxygen atoms in total. The third-order valence-corrected chi connectivity index (χ3v) is 4.70. The molecule has 1 aliphatic heterocycles. The Morgan fingerprint density at radius 2 is 2.39 bits per heavy atom. The van der Waals surface area contributed by atoms with Crippen LogP contribution in [0.15, 0.2) is 18.3 Å². The summed E-state index contributed by atoms with van der Waals surface area (Å²) >= 11 is 1.98. The summed E-state index contributed by atoms with van der Waals surface area (Å²) in [5.41, 5.74) is 1.29. The fourth-order valence-corrected chi connectivity index (χ4v) is 3.19. The van der Waals surface area contributed by atoms with Crippen LogP contribution >= 0.6 is 11.8 Å². The van der Waals surface area contributed by atoms with E-state index >= 15 is 0 Å². The van der Waals surface area contributed by atoms with Crippen LogP contribution in [-0.2, 0) is 10.5 Å². The Bertz CT molecular complexity index is 355. The summed E-state index contributed by atoms with van der Waals surface area (Å²) < 4.78 is 5.57. The van der Waals surface area contributed by atoms with Gasteiger partial charge in [-0.05, 0) is 31.4 Å². The zero-order valence-electron chi connectivity index (χ0n) is 11.2. The van der Waals surface area contributed by atoms with Gasteiger partial charge in [-0.2, -0.15) is 11.8 Å². The molecule has 2 rings (SSSR count). The molecule has 0 aliphatic carbocycles. The van der Waals surface area contributed by atoms with E-state index in [0.717, 1.165) is 31.1 Å². The van der Waals surface area contributed by atoms with Crippen molar-refractivity contribution in [1.82, 2.24) is 4.98 Å². The van der Waals surface area contributed by atoms with Crippen molar-refractivity contribution in [3.8, 4) is 0 Å². The molecule has 2 atom stereocenters. The Morgan fingerprint density at radius 3 is 3.00 bits per heavy atom. The number of ether oxygens (including phenoxy) is 1. The molecule has 18 heavy (non-hydrogen) atoms. The van der Waals surface area contributed by atoms with Gasteiger partial charge < -0.3 is 10.1 Å². The first kappa shape index (κ1) is 13.7. The molecule has 0 aromatic carbocycles. The van der Waals surface area contributed by atoms with E-state index in [1.54, 1.807) is 0 Å². The van der Waals surface area contributed by atoms with Gasteiger partial charge in [-0.15, -0.1) is 0 Å². The van der Waals surface area contributed by atoms with Crippen LogP contribution in [0.3, 0.4) is 0 Å². The van der Waals surface area contributed by atoms with Crippen LogP contribution in [0.1, 0.15) is 32.3 Å². The zero-order chi connectivity index (χ0) is 12.8. The van der Waals surface area contributed by atoms with E-state index in [1.165, 1.54) is 12.0 Å². The molecule has 100 valence electrons. The zero-order valence-corrected chi connectivity index (χ0v) is 12.0. The summed E-state index contributed by atoms with van der Waals surface area (Å²) in [6.45, 7) is 6.22. The van der Waals surface area contributed by atoms with Crippen LogP contribution in [0.2, 0.25) is 0 Å². The van der Waals surface area contributed by atoms with Crippen LogP contribution in [0.4, 0.5) is 5.82 Å². The van der Waals surface area contributed by atoms with Gasteiger partial charge in [0.25, 0.3) is 0 Å². The average Bonchev–Trinajstić information content (AvgIpc) is 2.81. The summed E-state index contributed by atoms with van der Waals surface area (Å²) in [5, 5.41) is 3.93. The molecular weight excluding hydrogens is 244 g/mol. The lowest BCUT2D eigenvalue weighted by Crippen LogP contribution is -2.13. The van der Waals surface area contributed by atoms with E-state index in [2.05, 4.69) is 36.3 Å². The minimum atomic E-state index is 0.397. The maximum Gasteiger partial charge on any atom is 0.125 e. The summed E-state index contributed by atoms with van der Waals surface area (Å²) in [6, 6.07) is 4.23. The summed E-state index contributed by atoms with van der Waals surface area (Å²) in [6.07, 6.45) is 4.67. The van der Waals surface area contributed by atoms with Crippen LogP contribution in [0.25, 0.3) is 0 Å². The standard InChI is InChI=1S/C14H22N2OS/c1-3-7-15-14-5-4-12(9-16-14)10-18-13-6-8-17-11(13)2/h4-5,9,11,13H,3,6-8,10H2,1-2H3,(H,15,16). The Morgan fingerprint density at radius 1 is 1.50 bits per heavy atom. The number of hydrogen-bond donors (Lipinski definition) is 1. The van der Waals surface area contributed by atoms with E-state index in [9.17, 15) is 0 Å². The molecule has 0 spiro atoms. The van der Waals surface area contributed by atoms with Crippen LogP contribution in [0.5, 0.6) is 0 Å². The highest BCUT2D eigenvalue weighted by Crippen LogP contribution is 2.28. The maximum absolute atomic E-state index is 5.57. The fourth-order valence-electron chi connectivity index (χ4n) is 2.00. The second-order valence-corrected chi connectivity index (χ2v) is 5.92. The minimum Gasteiger partial charge on any atom is -0.377 e. The molecule has 1 saturated heterocycles. The third-order valence-electron chi connectivity index (χ3n) is 3.15. The molecule has 0 amide bonds. The van der Waals surface area contributed by atoms with Gasteiger partial charge >= 0.3 is 0 Å². The number of pyridine rings is 1. The Hall–Kier alpha value is -0.740. The molecule has 0 bridgehead atoms. The first-order valence-corrected chi connectivity index (χ1v) is 7.76. The molecule has 0 saturated carbocycles. The topological polar surface area (TPSA) is 34.1 Å². The fraction of sp³-hybridized carbons (Fsp3) is 0.643. The van der Waals surface area contributed by atoms with Gasteiger partial charge in [0.2, 0.25) is 0 Å². The monoisotopic (exact) mass is 266 g/mol. The molecule has 1 fully saturated rings. The number of nitrogens with zero attached hydrogens (tertiary/aromatic N) is 1. The second-order valence-electron chi connectivity index (χ2n) is 4.69.